The molecule has 0 unspecified atom stereocenters. The molecule has 6 nitrogen and oxygen atoms in total. The van der Waals surface area contributed by atoms with E-state index < -0.39 is 5.54 Å². The third-order valence-corrected chi connectivity index (χ3v) is 3.28. The fourth-order valence-corrected chi connectivity index (χ4v) is 1.93. The van der Waals surface area contributed by atoms with Crippen LogP contribution in [0.3, 0.4) is 0 Å². The lowest BCUT2D eigenvalue weighted by Gasteiger charge is -2.21. The van der Waals surface area contributed by atoms with Gasteiger partial charge in [0.15, 0.2) is 16.3 Å². The number of carbonyl (C=O) groups is 1. The zero-order chi connectivity index (χ0) is 15.8. The van der Waals surface area contributed by atoms with Gasteiger partial charge >= 0.3 is 0 Å². The van der Waals surface area contributed by atoms with Crippen LogP contribution in [-0.2, 0) is 11.0 Å². The molecule has 0 aliphatic heterocycles. The van der Waals surface area contributed by atoms with Crippen LogP contribution in [0, 0.1) is 0 Å². The number of halogens is 1. The lowest BCUT2D eigenvalue weighted by molar-refractivity contribution is 0.0877. The molecule has 0 saturated carbocycles. The van der Waals surface area contributed by atoms with Gasteiger partial charge in [0.05, 0.1) is 5.54 Å². The van der Waals surface area contributed by atoms with E-state index in [1.807, 2.05) is 20.8 Å². The molecule has 2 aromatic heterocycles. The molecule has 0 aliphatic rings. The Kier molecular flexibility index (Phi) is 3.97. The molecular weight excluding hydrogens is 338 g/mol. The quantitative estimate of drug-likeness (QED) is 0.912. The van der Waals surface area contributed by atoms with Crippen molar-refractivity contribution in [1.29, 1.82) is 0 Å². The minimum absolute atomic E-state index is 0.217. The van der Waals surface area contributed by atoms with Gasteiger partial charge in [-0.25, -0.2) is 0 Å². The van der Waals surface area contributed by atoms with Crippen LogP contribution < -0.4 is 5.32 Å². The Labute approximate surface area is 131 Å². The summed E-state index contributed by atoms with van der Waals surface area (Å²) in [6.45, 7) is 9.56. The van der Waals surface area contributed by atoms with Crippen LogP contribution in [0.5, 0.6) is 0 Å². The van der Waals surface area contributed by atoms with Crippen molar-refractivity contribution in [2.45, 2.75) is 45.6 Å². The van der Waals surface area contributed by atoms with E-state index in [-0.39, 0.29) is 17.1 Å². The summed E-state index contributed by atoms with van der Waals surface area (Å²) in [6.07, 6.45) is 0. The van der Waals surface area contributed by atoms with Crippen LogP contribution in [0.2, 0.25) is 0 Å². The minimum Gasteiger partial charge on any atom is -0.444 e. The number of nitrogens with one attached hydrogen (secondary N) is 1. The predicted molar refractivity (Wildman–Crippen MR) is 79.9 cm³/mol. The van der Waals surface area contributed by atoms with Gasteiger partial charge in [0, 0.05) is 5.41 Å². The molecule has 1 N–H and O–H groups in total. The summed E-state index contributed by atoms with van der Waals surface area (Å²) in [7, 11) is 0. The van der Waals surface area contributed by atoms with Gasteiger partial charge in [-0.3, -0.25) is 4.79 Å². The number of furan rings is 1. The van der Waals surface area contributed by atoms with Gasteiger partial charge in [0.25, 0.3) is 5.91 Å². The summed E-state index contributed by atoms with van der Waals surface area (Å²) < 4.78 is 11.0. The number of aromatic nitrogens is 2. The minimum atomic E-state index is -0.774. The fraction of sp³-hybridized carbons (Fsp3) is 0.500. The number of amides is 1. The first-order chi connectivity index (χ1) is 9.59. The van der Waals surface area contributed by atoms with Gasteiger partial charge in [-0.1, -0.05) is 25.9 Å². The van der Waals surface area contributed by atoms with Crippen LogP contribution in [0.1, 0.15) is 56.9 Å². The number of hydrogen-bond donors (Lipinski definition) is 1. The van der Waals surface area contributed by atoms with Gasteiger partial charge in [0.1, 0.15) is 0 Å². The van der Waals surface area contributed by atoms with Crippen molar-refractivity contribution in [1.82, 2.24) is 15.5 Å². The molecule has 0 saturated heterocycles. The summed E-state index contributed by atoms with van der Waals surface area (Å²) >= 11 is 3.16. The molecule has 0 radical (unpaired) electrons. The van der Waals surface area contributed by atoms with Crippen LogP contribution in [0.4, 0.5) is 0 Å². The highest BCUT2D eigenvalue weighted by molar-refractivity contribution is 9.10. The molecular formula is C14H18BrN3O3. The van der Waals surface area contributed by atoms with Gasteiger partial charge in [-0.15, -0.1) is 0 Å². The number of carbonyl (C=O) groups excluding carboxylic acids is 1. The molecule has 2 aromatic rings. The molecule has 0 bridgehead atoms. The van der Waals surface area contributed by atoms with Crippen molar-refractivity contribution in [3.63, 3.8) is 0 Å². The van der Waals surface area contributed by atoms with E-state index in [2.05, 4.69) is 31.4 Å². The largest absolute Gasteiger partial charge is 0.444 e. The van der Waals surface area contributed by atoms with Gasteiger partial charge in [-0.05, 0) is 41.9 Å². The zero-order valence-corrected chi connectivity index (χ0v) is 14.2. The average Bonchev–Trinajstić information content (AvgIpc) is 2.95. The van der Waals surface area contributed by atoms with E-state index in [9.17, 15) is 4.79 Å². The molecule has 0 atom stereocenters. The number of rotatable bonds is 3. The van der Waals surface area contributed by atoms with Crippen molar-refractivity contribution in [3.8, 4) is 0 Å². The smallest absolute Gasteiger partial charge is 0.287 e. The van der Waals surface area contributed by atoms with E-state index in [1.165, 1.54) is 0 Å². The Morgan fingerprint density at radius 2 is 1.90 bits per heavy atom. The molecule has 21 heavy (non-hydrogen) atoms. The normalized spacial score (nSPS) is 12.5. The molecule has 0 spiro atoms. The fourth-order valence-electron chi connectivity index (χ4n) is 1.62. The van der Waals surface area contributed by atoms with Crippen molar-refractivity contribution in [3.05, 3.63) is 34.3 Å². The lowest BCUT2D eigenvalue weighted by Crippen LogP contribution is -2.41. The van der Waals surface area contributed by atoms with Crippen LogP contribution in [0.15, 0.2) is 25.7 Å². The van der Waals surface area contributed by atoms with E-state index in [1.54, 1.807) is 26.0 Å². The monoisotopic (exact) mass is 355 g/mol. The van der Waals surface area contributed by atoms with Crippen LogP contribution in [-0.4, -0.2) is 16.0 Å². The lowest BCUT2D eigenvalue weighted by atomic mass is 9.97. The van der Waals surface area contributed by atoms with Crippen molar-refractivity contribution in [2.75, 3.05) is 0 Å². The van der Waals surface area contributed by atoms with E-state index in [0.29, 0.717) is 16.4 Å². The average molecular weight is 356 g/mol. The van der Waals surface area contributed by atoms with Crippen molar-refractivity contribution in [2.24, 2.45) is 0 Å². The molecule has 114 valence electrons. The maximum atomic E-state index is 12.1. The topological polar surface area (TPSA) is 81.2 Å². The Bertz CT molecular complexity index is 652. The first kappa shape index (κ1) is 15.8. The highest BCUT2D eigenvalue weighted by Crippen LogP contribution is 2.24. The Morgan fingerprint density at radius 1 is 1.24 bits per heavy atom. The molecule has 0 aromatic carbocycles. The molecule has 2 rings (SSSR count). The summed E-state index contributed by atoms with van der Waals surface area (Å²) in [5.74, 6) is 0.828. The summed E-state index contributed by atoms with van der Waals surface area (Å²) in [5, 5.41) is 6.79. The summed E-state index contributed by atoms with van der Waals surface area (Å²) in [4.78, 5) is 16.5. The highest BCUT2D eigenvalue weighted by atomic mass is 79.9. The number of hydrogen-bond acceptors (Lipinski definition) is 5. The predicted octanol–water partition coefficient (Wildman–Crippen LogP) is 3.39. The molecule has 7 heteroatoms. The van der Waals surface area contributed by atoms with E-state index in [0.717, 1.165) is 0 Å². The molecule has 0 aliphatic carbocycles. The van der Waals surface area contributed by atoms with Gasteiger partial charge in [0.2, 0.25) is 5.89 Å². The number of nitrogens with zero attached hydrogens (tertiary/aromatic N) is 2. The van der Waals surface area contributed by atoms with Gasteiger partial charge < -0.3 is 14.3 Å². The van der Waals surface area contributed by atoms with E-state index in [4.69, 9.17) is 8.94 Å². The maximum Gasteiger partial charge on any atom is 0.287 e. The van der Waals surface area contributed by atoms with Gasteiger partial charge in [-0.2, -0.15) is 4.98 Å². The van der Waals surface area contributed by atoms with Crippen molar-refractivity contribution >= 4 is 21.8 Å². The molecule has 2 heterocycles. The second-order valence-corrected chi connectivity index (χ2v) is 7.14. The van der Waals surface area contributed by atoms with E-state index >= 15 is 0 Å². The maximum absolute atomic E-state index is 12.1. The Morgan fingerprint density at radius 3 is 2.38 bits per heavy atom. The first-order valence-corrected chi connectivity index (χ1v) is 7.31. The SMILES string of the molecule is CC(C)(C)c1nc(C(C)(C)NC(=O)c2ccc(Br)o2)no1. The third kappa shape index (κ3) is 3.53. The molecule has 0 fully saturated rings. The second kappa shape index (κ2) is 5.29. The van der Waals surface area contributed by atoms with Crippen LogP contribution in [0.25, 0.3) is 0 Å². The second-order valence-electron chi connectivity index (χ2n) is 6.36. The highest BCUT2D eigenvalue weighted by Gasteiger charge is 2.32. The summed E-state index contributed by atoms with van der Waals surface area (Å²) in [6, 6.07) is 3.25. The Balaban J connectivity index is 2.18. The first-order valence-electron chi connectivity index (χ1n) is 6.52. The standard InChI is InChI=1S/C14H18BrN3O3/c1-13(2,3)12-16-11(18-21-12)14(4,5)17-10(19)8-6-7-9(15)20-8/h6-7H,1-5H3,(H,17,19). The van der Waals surface area contributed by atoms with Crippen LogP contribution >= 0.6 is 15.9 Å². The molecule has 1 amide bonds. The Hall–Kier alpha value is -1.63. The summed E-state index contributed by atoms with van der Waals surface area (Å²) in [5.41, 5.74) is -1.01. The zero-order valence-electron chi connectivity index (χ0n) is 12.7. The third-order valence-electron chi connectivity index (χ3n) is 2.85. The van der Waals surface area contributed by atoms with Crippen molar-refractivity contribution < 1.29 is 13.7 Å².